The third kappa shape index (κ3) is 5.04. The van der Waals surface area contributed by atoms with E-state index in [-0.39, 0.29) is 11.7 Å². The van der Waals surface area contributed by atoms with Crippen molar-refractivity contribution in [1.29, 1.82) is 0 Å². The fourth-order valence-corrected chi connectivity index (χ4v) is 3.96. The number of rotatable bonds is 6. The van der Waals surface area contributed by atoms with Gasteiger partial charge in [-0.3, -0.25) is 4.79 Å². The summed E-state index contributed by atoms with van der Waals surface area (Å²) in [5, 5.41) is 2.89. The van der Waals surface area contributed by atoms with Gasteiger partial charge >= 0.3 is 0 Å². The van der Waals surface area contributed by atoms with Gasteiger partial charge in [0.05, 0.1) is 5.70 Å². The van der Waals surface area contributed by atoms with Crippen LogP contribution >= 0.6 is 0 Å². The molecule has 0 fully saturated rings. The van der Waals surface area contributed by atoms with Crippen molar-refractivity contribution in [2.45, 2.75) is 33.6 Å². The molecule has 3 nitrogen and oxygen atoms in total. The molecular weight excluding hydrogens is 387 g/mol. The van der Waals surface area contributed by atoms with Crippen LogP contribution in [0.15, 0.2) is 66.6 Å². The minimum atomic E-state index is -0.335. The van der Waals surface area contributed by atoms with Crippen LogP contribution in [0.2, 0.25) is 0 Å². The van der Waals surface area contributed by atoms with Gasteiger partial charge in [-0.05, 0) is 73.4 Å². The van der Waals surface area contributed by atoms with Crippen LogP contribution in [0.4, 0.5) is 4.39 Å². The first-order valence-corrected chi connectivity index (χ1v) is 10.5. The summed E-state index contributed by atoms with van der Waals surface area (Å²) < 4.78 is 13.5. The van der Waals surface area contributed by atoms with Gasteiger partial charge in [0.2, 0.25) is 0 Å². The maximum atomic E-state index is 13.5. The molecule has 3 rings (SSSR count). The fourth-order valence-electron chi connectivity index (χ4n) is 3.96. The highest BCUT2D eigenvalue weighted by Crippen LogP contribution is 2.33. The minimum Gasteiger partial charge on any atom is -0.402 e. The molecule has 3 N–H and O–H groups in total. The first-order valence-electron chi connectivity index (χ1n) is 10.5. The SMILES string of the molecule is C=C=C(NC(=O)c1ccc(F)c(C)c1)c1cccc2c1C=CC(C(C)CC(N)=CC)C2. The summed E-state index contributed by atoms with van der Waals surface area (Å²) in [5.74, 6) is 0.174. The zero-order valence-electron chi connectivity index (χ0n) is 18.3. The van der Waals surface area contributed by atoms with E-state index in [1.165, 1.54) is 23.8 Å². The van der Waals surface area contributed by atoms with Crippen molar-refractivity contribution < 1.29 is 9.18 Å². The summed E-state index contributed by atoms with van der Waals surface area (Å²) in [5.41, 5.74) is 14.3. The average molecular weight is 417 g/mol. The molecule has 31 heavy (non-hydrogen) atoms. The molecule has 0 aromatic heterocycles. The number of carbonyl (C=O) groups excluding carboxylic acids is 1. The Bertz CT molecular complexity index is 1110. The van der Waals surface area contributed by atoms with E-state index in [2.05, 4.69) is 42.8 Å². The van der Waals surface area contributed by atoms with Crippen molar-refractivity contribution in [2.75, 3.05) is 0 Å². The molecule has 1 aliphatic rings. The molecule has 0 saturated heterocycles. The lowest BCUT2D eigenvalue weighted by Crippen LogP contribution is -2.23. The number of fused-ring (bicyclic) bond motifs is 1. The summed E-state index contributed by atoms with van der Waals surface area (Å²) in [4.78, 5) is 12.7. The monoisotopic (exact) mass is 416 g/mol. The molecule has 2 atom stereocenters. The van der Waals surface area contributed by atoms with E-state index in [1.807, 2.05) is 25.1 Å². The maximum Gasteiger partial charge on any atom is 0.256 e. The largest absolute Gasteiger partial charge is 0.402 e. The molecule has 0 radical (unpaired) electrons. The number of nitrogens with one attached hydrogen (secondary N) is 1. The second-order valence-corrected chi connectivity index (χ2v) is 8.12. The molecule has 2 aromatic rings. The Kier molecular flexibility index (Phi) is 6.94. The number of hydrogen-bond acceptors (Lipinski definition) is 2. The molecule has 0 heterocycles. The summed E-state index contributed by atoms with van der Waals surface area (Å²) in [6.07, 6.45) is 8.08. The second kappa shape index (κ2) is 9.63. The first-order chi connectivity index (χ1) is 14.8. The van der Waals surface area contributed by atoms with Crippen LogP contribution in [0.1, 0.15) is 52.9 Å². The van der Waals surface area contributed by atoms with E-state index in [0.717, 1.165) is 29.7 Å². The van der Waals surface area contributed by atoms with Gasteiger partial charge in [0.15, 0.2) is 0 Å². The smallest absolute Gasteiger partial charge is 0.256 e. The lowest BCUT2D eigenvalue weighted by molar-refractivity contribution is 0.0973. The molecule has 160 valence electrons. The van der Waals surface area contributed by atoms with Crippen LogP contribution in [0.3, 0.4) is 0 Å². The van der Waals surface area contributed by atoms with E-state index < -0.39 is 0 Å². The molecule has 4 heteroatoms. The highest BCUT2D eigenvalue weighted by molar-refractivity contribution is 6.00. The van der Waals surface area contributed by atoms with Gasteiger partial charge in [0, 0.05) is 16.8 Å². The topological polar surface area (TPSA) is 55.1 Å². The summed E-state index contributed by atoms with van der Waals surface area (Å²) >= 11 is 0. The lowest BCUT2D eigenvalue weighted by atomic mass is 9.79. The molecule has 0 spiro atoms. The standard InChI is InChI=1S/C27H29FN2O/c1-5-22(29)15-17(3)19-10-12-23-20(16-19)8-7-9-24(23)26(6-2)30-27(31)21-11-13-25(28)18(4)14-21/h5,7-14,17,19H,2,15-16,29H2,1,3-4H3,(H,30,31). The van der Waals surface area contributed by atoms with Gasteiger partial charge in [0.25, 0.3) is 5.91 Å². The van der Waals surface area contributed by atoms with Crippen LogP contribution in [0, 0.1) is 24.6 Å². The zero-order chi connectivity index (χ0) is 22.5. The van der Waals surface area contributed by atoms with Gasteiger partial charge in [-0.25, -0.2) is 4.39 Å². The van der Waals surface area contributed by atoms with Crippen molar-refractivity contribution in [2.24, 2.45) is 17.6 Å². The number of nitrogens with two attached hydrogens (primary N) is 1. The molecule has 0 bridgehead atoms. The number of allylic oxidation sites excluding steroid dienone is 3. The minimum absolute atomic E-state index is 0.319. The quantitative estimate of drug-likeness (QED) is 0.588. The molecule has 0 saturated carbocycles. The number of halogens is 1. The van der Waals surface area contributed by atoms with E-state index in [4.69, 9.17) is 5.73 Å². The third-order valence-corrected chi connectivity index (χ3v) is 5.93. The summed E-state index contributed by atoms with van der Waals surface area (Å²) in [6, 6.07) is 10.4. The van der Waals surface area contributed by atoms with Crippen molar-refractivity contribution in [1.82, 2.24) is 5.32 Å². The van der Waals surface area contributed by atoms with Crippen molar-refractivity contribution in [3.05, 3.63) is 100 Å². The van der Waals surface area contributed by atoms with Gasteiger partial charge in [-0.2, -0.15) is 0 Å². The van der Waals surface area contributed by atoms with E-state index >= 15 is 0 Å². The Labute approximate surface area is 183 Å². The van der Waals surface area contributed by atoms with Crippen molar-refractivity contribution in [3.8, 4) is 0 Å². The highest BCUT2D eigenvalue weighted by Gasteiger charge is 2.22. The predicted molar refractivity (Wildman–Crippen MR) is 126 cm³/mol. The highest BCUT2D eigenvalue weighted by atomic mass is 19.1. The third-order valence-electron chi connectivity index (χ3n) is 5.93. The van der Waals surface area contributed by atoms with Gasteiger partial charge in [0.1, 0.15) is 5.82 Å². The Hall–Kier alpha value is -3.36. The molecule has 2 aromatic carbocycles. The lowest BCUT2D eigenvalue weighted by Gasteiger charge is -2.26. The first kappa shape index (κ1) is 22.3. The predicted octanol–water partition coefficient (Wildman–Crippen LogP) is 5.76. The van der Waals surface area contributed by atoms with Gasteiger partial charge in [-0.1, -0.05) is 49.9 Å². The Morgan fingerprint density at radius 3 is 2.84 bits per heavy atom. The maximum absolute atomic E-state index is 13.5. The molecule has 0 aliphatic heterocycles. The number of amides is 1. The molecule has 1 aliphatic carbocycles. The normalized spacial score (nSPS) is 16.3. The van der Waals surface area contributed by atoms with Gasteiger partial charge in [-0.15, -0.1) is 5.73 Å². The molecule has 2 unspecified atom stereocenters. The number of carbonyl (C=O) groups is 1. The van der Waals surface area contributed by atoms with Crippen LogP contribution in [0.25, 0.3) is 11.8 Å². The van der Waals surface area contributed by atoms with E-state index in [1.54, 1.807) is 6.92 Å². The van der Waals surface area contributed by atoms with Crippen LogP contribution in [-0.2, 0) is 6.42 Å². The van der Waals surface area contributed by atoms with E-state index in [9.17, 15) is 9.18 Å². The summed E-state index contributed by atoms with van der Waals surface area (Å²) in [7, 11) is 0. The van der Waals surface area contributed by atoms with Crippen LogP contribution in [0.5, 0.6) is 0 Å². The molecular formula is C27H29FN2O. The summed E-state index contributed by atoms with van der Waals surface area (Å²) in [6.45, 7) is 9.59. The Morgan fingerprint density at radius 1 is 1.39 bits per heavy atom. The Morgan fingerprint density at radius 2 is 2.16 bits per heavy atom. The van der Waals surface area contributed by atoms with Crippen molar-refractivity contribution >= 4 is 17.7 Å². The fraction of sp³-hybridized carbons (Fsp3) is 0.259. The molecule has 1 amide bonds. The van der Waals surface area contributed by atoms with Crippen LogP contribution in [-0.4, -0.2) is 5.91 Å². The van der Waals surface area contributed by atoms with Crippen molar-refractivity contribution in [3.63, 3.8) is 0 Å². The number of aryl methyl sites for hydroxylation is 1. The Balaban J connectivity index is 1.83. The van der Waals surface area contributed by atoms with Crippen LogP contribution < -0.4 is 11.1 Å². The second-order valence-electron chi connectivity index (χ2n) is 8.12. The van der Waals surface area contributed by atoms with Gasteiger partial charge < -0.3 is 11.1 Å². The zero-order valence-corrected chi connectivity index (χ0v) is 18.3. The average Bonchev–Trinajstić information content (AvgIpc) is 2.78. The number of hydrogen-bond donors (Lipinski definition) is 2. The number of benzene rings is 2. The van der Waals surface area contributed by atoms with E-state index in [0.29, 0.717) is 28.7 Å².